The quantitative estimate of drug-likeness (QED) is 0.820. The minimum Gasteiger partial charge on any atom is -0.390 e. The van der Waals surface area contributed by atoms with E-state index < -0.39 is 6.10 Å². The standard InChI is InChI=1S/C19H20ClN3O2/c20-12-5-6-15(22-11-12)18(25)23-9-7-19(8-10-23)14-4-2-1-3-13(14)16(21)17(19)24/h1-6,11,16-17,24H,7-10,21H2/t16-,17+/m0/s1. The van der Waals surface area contributed by atoms with Gasteiger partial charge in [0.15, 0.2) is 0 Å². The summed E-state index contributed by atoms with van der Waals surface area (Å²) in [6.07, 6.45) is 2.25. The van der Waals surface area contributed by atoms with E-state index in [0.717, 1.165) is 11.1 Å². The molecule has 3 N–H and O–H groups in total. The van der Waals surface area contributed by atoms with Crippen LogP contribution < -0.4 is 5.73 Å². The average Bonchev–Trinajstić information content (AvgIpc) is 2.85. The fourth-order valence-electron chi connectivity index (χ4n) is 4.25. The molecule has 0 radical (unpaired) electrons. The Balaban J connectivity index is 1.55. The first-order valence-corrected chi connectivity index (χ1v) is 8.84. The Labute approximate surface area is 151 Å². The van der Waals surface area contributed by atoms with E-state index in [1.807, 2.05) is 18.2 Å². The van der Waals surface area contributed by atoms with Gasteiger partial charge in [0.05, 0.1) is 17.2 Å². The van der Waals surface area contributed by atoms with Gasteiger partial charge in [-0.25, -0.2) is 4.98 Å². The van der Waals surface area contributed by atoms with Crippen molar-refractivity contribution in [2.24, 2.45) is 5.73 Å². The van der Waals surface area contributed by atoms with Crippen LogP contribution in [0.2, 0.25) is 5.02 Å². The number of halogens is 1. The molecule has 0 saturated carbocycles. The smallest absolute Gasteiger partial charge is 0.272 e. The number of pyridine rings is 1. The molecule has 2 aliphatic rings. The molecule has 25 heavy (non-hydrogen) atoms. The van der Waals surface area contributed by atoms with Crippen molar-refractivity contribution in [3.63, 3.8) is 0 Å². The van der Waals surface area contributed by atoms with Gasteiger partial charge in [-0.3, -0.25) is 4.79 Å². The Kier molecular flexibility index (Phi) is 4.02. The molecule has 6 heteroatoms. The number of rotatable bonds is 1. The Morgan fingerprint density at radius 1 is 1.24 bits per heavy atom. The molecule has 1 amide bonds. The number of likely N-dealkylation sites (tertiary alicyclic amines) is 1. The van der Waals surface area contributed by atoms with E-state index in [1.54, 1.807) is 17.0 Å². The van der Waals surface area contributed by atoms with Gasteiger partial charge < -0.3 is 15.7 Å². The number of hydrogen-bond donors (Lipinski definition) is 2. The number of amides is 1. The van der Waals surface area contributed by atoms with Crippen molar-refractivity contribution in [2.75, 3.05) is 13.1 Å². The van der Waals surface area contributed by atoms with E-state index in [-0.39, 0.29) is 17.4 Å². The first-order valence-electron chi connectivity index (χ1n) is 8.47. The molecule has 2 atom stereocenters. The third-order valence-corrected chi connectivity index (χ3v) is 5.88. The summed E-state index contributed by atoms with van der Waals surface area (Å²) in [6, 6.07) is 10.9. The molecule has 0 bridgehead atoms. The number of piperidine rings is 1. The molecule has 1 fully saturated rings. The van der Waals surface area contributed by atoms with Gasteiger partial charge in [-0.1, -0.05) is 35.9 Å². The number of nitrogens with two attached hydrogens (primary N) is 1. The van der Waals surface area contributed by atoms with Crippen LogP contribution in [0.1, 0.15) is 40.5 Å². The van der Waals surface area contributed by atoms with E-state index in [9.17, 15) is 9.90 Å². The highest BCUT2D eigenvalue weighted by molar-refractivity contribution is 6.30. The van der Waals surface area contributed by atoms with Crippen molar-refractivity contribution < 1.29 is 9.90 Å². The van der Waals surface area contributed by atoms with Crippen LogP contribution in [0.4, 0.5) is 0 Å². The van der Waals surface area contributed by atoms with Gasteiger partial charge in [-0.05, 0) is 36.1 Å². The number of aliphatic hydroxyl groups excluding tert-OH is 1. The van der Waals surface area contributed by atoms with Crippen LogP contribution in [0, 0.1) is 0 Å². The maximum Gasteiger partial charge on any atom is 0.272 e. The lowest BCUT2D eigenvalue weighted by molar-refractivity contribution is 0.0260. The predicted octanol–water partition coefficient (Wildman–Crippen LogP) is 2.28. The third-order valence-electron chi connectivity index (χ3n) is 5.65. The molecule has 2 heterocycles. The second-order valence-electron chi connectivity index (χ2n) is 6.87. The van der Waals surface area contributed by atoms with Crippen LogP contribution in [0.3, 0.4) is 0 Å². The van der Waals surface area contributed by atoms with Crippen molar-refractivity contribution in [3.8, 4) is 0 Å². The lowest BCUT2D eigenvalue weighted by Gasteiger charge is -2.42. The minimum atomic E-state index is -0.615. The van der Waals surface area contributed by atoms with Gasteiger partial charge in [-0.2, -0.15) is 0 Å². The molecule has 1 aliphatic heterocycles. The highest BCUT2D eigenvalue weighted by Gasteiger charge is 2.51. The van der Waals surface area contributed by atoms with Gasteiger partial charge in [-0.15, -0.1) is 0 Å². The van der Waals surface area contributed by atoms with Gasteiger partial charge in [0.1, 0.15) is 5.69 Å². The second kappa shape index (κ2) is 6.09. The molecule has 4 rings (SSSR count). The van der Waals surface area contributed by atoms with Crippen molar-refractivity contribution in [3.05, 3.63) is 64.4 Å². The summed E-state index contributed by atoms with van der Waals surface area (Å²) in [5.74, 6) is -0.100. The van der Waals surface area contributed by atoms with E-state index in [1.165, 1.54) is 6.20 Å². The maximum atomic E-state index is 12.6. The lowest BCUT2D eigenvalue weighted by Crippen LogP contribution is -2.50. The monoisotopic (exact) mass is 357 g/mol. The largest absolute Gasteiger partial charge is 0.390 e. The van der Waals surface area contributed by atoms with Crippen LogP contribution >= 0.6 is 11.6 Å². The highest BCUT2D eigenvalue weighted by Crippen LogP contribution is 2.50. The molecule has 1 aromatic carbocycles. The maximum absolute atomic E-state index is 12.6. The Morgan fingerprint density at radius 3 is 2.64 bits per heavy atom. The number of benzene rings is 1. The summed E-state index contributed by atoms with van der Waals surface area (Å²) in [6.45, 7) is 1.14. The number of hydrogen-bond acceptors (Lipinski definition) is 4. The molecule has 1 saturated heterocycles. The third kappa shape index (κ3) is 2.54. The summed E-state index contributed by atoms with van der Waals surface area (Å²) in [4.78, 5) is 18.5. The number of aromatic nitrogens is 1. The molecule has 2 aromatic rings. The van der Waals surface area contributed by atoms with Gasteiger partial charge in [0, 0.05) is 24.7 Å². The van der Waals surface area contributed by atoms with Crippen molar-refractivity contribution in [2.45, 2.75) is 30.4 Å². The van der Waals surface area contributed by atoms with E-state index in [4.69, 9.17) is 17.3 Å². The Hall–Kier alpha value is -1.95. The minimum absolute atomic E-state index is 0.100. The molecule has 1 spiro atoms. The molecular weight excluding hydrogens is 338 g/mol. The predicted molar refractivity (Wildman–Crippen MR) is 95.4 cm³/mol. The number of carbonyl (C=O) groups excluding carboxylic acids is 1. The van der Waals surface area contributed by atoms with Crippen molar-refractivity contribution in [1.29, 1.82) is 0 Å². The van der Waals surface area contributed by atoms with Gasteiger partial charge in [0.2, 0.25) is 0 Å². The normalized spacial score (nSPS) is 24.4. The Morgan fingerprint density at radius 2 is 1.96 bits per heavy atom. The van der Waals surface area contributed by atoms with E-state index in [2.05, 4.69) is 11.1 Å². The first-order chi connectivity index (χ1) is 12.0. The molecule has 130 valence electrons. The fraction of sp³-hybridized carbons (Fsp3) is 0.368. The molecule has 1 aliphatic carbocycles. The molecular formula is C19H20ClN3O2. The van der Waals surface area contributed by atoms with E-state index in [0.29, 0.717) is 36.6 Å². The summed E-state index contributed by atoms with van der Waals surface area (Å²) in [5, 5.41) is 11.3. The zero-order valence-electron chi connectivity index (χ0n) is 13.7. The lowest BCUT2D eigenvalue weighted by atomic mass is 9.72. The highest BCUT2D eigenvalue weighted by atomic mass is 35.5. The topological polar surface area (TPSA) is 79.5 Å². The zero-order chi connectivity index (χ0) is 17.6. The van der Waals surface area contributed by atoms with Crippen LogP contribution in [0.15, 0.2) is 42.6 Å². The van der Waals surface area contributed by atoms with Crippen molar-refractivity contribution in [1.82, 2.24) is 9.88 Å². The number of fused-ring (bicyclic) bond motifs is 2. The second-order valence-corrected chi connectivity index (χ2v) is 7.30. The van der Waals surface area contributed by atoms with Crippen LogP contribution in [0.25, 0.3) is 0 Å². The summed E-state index contributed by atoms with van der Waals surface area (Å²) in [5.41, 5.74) is 8.43. The van der Waals surface area contributed by atoms with Gasteiger partial charge >= 0.3 is 0 Å². The van der Waals surface area contributed by atoms with Crippen LogP contribution in [0.5, 0.6) is 0 Å². The molecule has 1 aromatic heterocycles. The fourth-order valence-corrected chi connectivity index (χ4v) is 4.36. The number of nitrogens with zero attached hydrogens (tertiary/aromatic N) is 2. The zero-order valence-corrected chi connectivity index (χ0v) is 14.5. The summed E-state index contributed by atoms with van der Waals surface area (Å²) < 4.78 is 0. The summed E-state index contributed by atoms with van der Waals surface area (Å²) >= 11 is 5.83. The summed E-state index contributed by atoms with van der Waals surface area (Å²) in [7, 11) is 0. The van der Waals surface area contributed by atoms with Crippen molar-refractivity contribution >= 4 is 17.5 Å². The van der Waals surface area contributed by atoms with E-state index >= 15 is 0 Å². The van der Waals surface area contributed by atoms with Gasteiger partial charge in [0.25, 0.3) is 5.91 Å². The molecule has 5 nitrogen and oxygen atoms in total. The first kappa shape index (κ1) is 16.5. The SMILES string of the molecule is N[C@H]1c2ccccc2C2(CCN(C(=O)c3ccc(Cl)cn3)CC2)[C@@H]1O. The number of aliphatic hydroxyl groups is 1. The number of carbonyl (C=O) groups is 1. The average molecular weight is 358 g/mol. The van der Waals surface area contributed by atoms with Crippen LogP contribution in [-0.4, -0.2) is 40.1 Å². The Bertz CT molecular complexity index is 801. The molecule has 0 unspecified atom stereocenters. The van der Waals surface area contributed by atoms with Crippen LogP contribution in [-0.2, 0) is 5.41 Å².